The number of hydrogen-bond donors (Lipinski definition) is 0. The number of aromatic nitrogens is 1. The first-order valence-electron chi connectivity index (χ1n) is 6.28. The van der Waals surface area contributed by atoms with Crippen molar-refractivity contribution in [2.45, 2.75) is 40.2 Å². The molecule has 0 spiro atoms. The topological polar surface area (TPSA) is 25.2 Å². The Morgan fingerprint density at radius 2 is 2.12 bits per heavy atom. The summed E-state index contributed by atoms with van der Waals surface area (Å²) < 4.78 is 2.95. The Balaban J connectivity index is 2.85. The van der Waals surface area contributed by atoms with Crippen LogP contribution in [0.4, 0.5) is 0 Å². The lowest BCUT2D eigenvalue weighted by molar-refractivity contribution is 0.0751. The monoisotopic (exact) mass is 300 g/mol. The van der Waals surface area contributed by atoms with E-state index in [1.54, 1.807) is 0 Å². The predicted molar refractivity (Wildman–Crippen MR) is 74.3 cm³/mol. The Labute approximate surface area is 112 Å². The third-order valence-electron chi connectivity index (χ3n) is 2.87. The van der Waals surface area contributed by atoms with Crippen molar-refractivity contribution in [2.24, 2.45) is 0 Å². The second-order valence-electron chi connectivity index (χ2n) is 4.07. The fourth-order valence-corrected chi connectivity index (χ4v) is 2.29. The van der Waals surface area contributed by atoms with Crippen molar-refractivity contribution in [3.63, 3.8) is 0 Å². The van der Waals surface area contributed by atoms with E-state index in [1.807, 2.05) is 35.6 Å². The molecule has 17 heavy (non-hydrogen) atoms. The van der Waals surface area contributed by atoms with Crippen LogP contribution in [0, 0.1) is 0 Å². The molecule has 0 fully saturated rings. The Bertz CT molecular complexity index is 373. The Hall–Kier alpha value is -0.770. The minimum absolute atomic E-state index is 0.133. The van der Waals surface area contributed by atoms with Crippen molar-refractivity contribution < 1.29 is 4.79 Å². The first-order chi connectivity index (χ1) is 8.13. The molecule has 0 aliphatic carbocycles. The Morgan fingerprint density at radius 1 is 1.41 bits per heavy atom. The molecule has 1 rings (SSSR count). The van der Waals surface area contributed by atoms with Crippen molar-refractivity contribution >= 4 is 21.8 Å². The summed E-state index contributed by atoms with van der Waals surface area (Å²) in [4.78, 5) is 14.3. The molecule has 96 valence electrons. The molecule has 0 aliphatic heterocycles. The van der Waals surface area contributed by atoms with Crippen molar-refractivity contribution in [1.29, 1.82) is 0 Å². The maximum atomic E-state index is 12.4. The minimum Gasteiger partial charge on any atom is -0.343 e. The molecule has 0 atom stereocenters. The molecule has 0 saturated carbocycles. The van der Waals surface area contributed by atoms with Gasteiger partial charge in [-0.25, -0.2) is 0 Å². The molecule has 1 heterocycles. The summed E-state index contributed by atoms with van der Waals surface area (Å²) in [5, 5.41) is 0. The van der Waals surface area contributed by atoms with Crippen LogP contribution in [0.25, 0.3) is 0 Å². The van der Waals surface area contributed by atoms with Gasteiger partial charge in [0.1, 0.15) is 5.69 Å². The number of halogens is 1. The smallest absolute Gasteiger partial charge is 0.270 e. The summed E-state index contributed by atoms with van der Waals surface area (Å²) in [6, 6.07) is 1.90. The maximum Gasteiger partial charge on any atom is 0.270 e. The fourth-order valence-electron chi connectivity index (χ4n) is 1.83. The third kappa shape index (κ3) is 3.60. The van der Waals surface area contributed by atoms with E-state index in [9.17, 15) is 4.79 Å². The highest BCUT2D eigenvalue weighted by Crippen LogP contribution is 2.17. The first-order valence-corrected chi connectivity index (χ1v) is 7.08. The highest BCUT2D eigenvalue weighted by atomic mass is 79.9. The molecular weight excluding hydrogens is 280 g/mol. The molecule has 4 heteroatoms. The van der Waals surface area contributed by atoms with Gasteiger partial charge in [0, 0.05) is 30.3 Å². The second kappa shape index (κ2) is 6.84. The SMILES string of the molecule is CCCCN(CC)C(=O)c1cc(Br)cn1CC. The average Bonchev–Trinajstić information content (AvgIpc) is 2.71. The number of nitrogens with zero attached hydrogens (tertiary/aromatic N) is 2. The van der Waals surface area contributed by atoms with Crippen LogP contribution in [0.15, 0.2) is 16.7 Å². The average molecular weight is 301 g/mol. The van der Waals surface area contributed by atoms with Gasteiger partial charge in [-0.2, -0.15) is 0 Å². The van der Waals surface area contributed by atoms with Crippen LogP contribution in [-0.4, -0.2) is 28.5 Å². The summed E-state index contributed by atoms with van der Waals surface area (Å²) >= 11 is 3.42. The second-order valence-corrected chi connectivity index (χ2v) is 4.98. The molecular formula is C13H21BrN2O. The van der Waals surface area contributed by atoms with E-state index >= 15 is 0 Å². The molecule has 0 bridgehead atoms. The van der Waals surface area contributed by atoms with Gasteiger partial charge in [0.15, 0.2) is 0 Å². The number of carbonyl (C=O) groups excluding carboxylic acids is 1. The quantitative estimate of drug-likeness (QED) is 0.789. The third-order valence-corrected chi connectivity index (χ3v) is 3.31. The minimum atomic E-state index is 0.133. The van der Waals surface area contributed by atoms with Gasteiger partial charge in [-0.1, -0.05) is 13.3 Å². The van der Waals surface area contributed by atoms with Crippen molar-refractivity contribution in [1.82, 2.24) is 9.47 Å². The predicted octanol–water partition coefficient (Wildman–Crippen LogP) is 3.53. The summed E-state index contributed by atoms with van der Waals surface area (Å²) in [6.45, 7) is 8.65. The highest BCUT2D eigenvalue weighted by molar-refractivity contribution is 9.10. The van der Waals surface area contributed by atoms with Gasteiger partial charge >= 0.3 is 0 Å². The Kier molecular flexibility index (Phi) is 5.75. The molecule has 1 amide bonds. The van der Waals surface area contributed by atoms with Gasteiger partial charge in [0.05, 0.1) is 0 Å². The zero-order valence-electron chi connectivity index (χ0n) is 10.9. The molecule has 1 aromatic rings. The van der Waals surface area contributed by atoms with Gasteiger partial charge in [-0.05, 0) is 42.3 Å². The van der Waals surface area contributed by atoms with Gasteiger partial charge in [0.25, 0.3) is 5.91 Å². The molecule has 0 radical (unpaired) electrons. The van der Waals surface area contributed by atoms with Crippen molar-refractivity contribution in [3.8, 4) is 0 Å². The lowest BCUT2D eigenvalue weighted by Crippen LogP contribution is -2.33. The molecule has 0 N–H and O–H groups in total. The van der Waals surface area contributed by atoms with Gasteiger partial charge in [-0.15, -0.1) is 0 Å². The van der Waals surface area contributed by atoms with E-state index < -0.39 is 0 Å². The molecule has 0 saturated heterocycles. The zero-order chi connectivity index (χ0) is 12.8. The lowest BCUT2D eigenvalue weighted by atomic mass is 10.3. The molecule has 0 unspecified atom stereocenters. The number of unbranched alkanes of at least 4 members (excludes halogenated alkanes) is 1. The number of carbonyl (C=O) groups is 1. The van der Waals surface area contributed by atoms with E-state index in [0.717, 1.165) is 42.6 Å². The normalized spacial score (nSPS) is 10.6. The molecule has 0 aromatic carbocycles. The van der Waals surface area contributed by atoms with E-state index in [1.165, 1.54) is 0 Å². The van der Waals surface area contributed by atoms with Crippen LogP contribution < -0.4 is 0 Å². The van der Waals surface area contributed by atoms with E-state index in [2.05, 4.69) is 22.9 Å². The largest absolute Gasteiger partial charge is 0.343 e. The van der Waals surface area contributed by atoms with Crippen LogP contribution in [0.1, 0.15) is 44.1 Å². The molecule has 3 nitrogen and oxygen atoms in total. The first kappa shape index (κ1) is 14.3. The summed E-state index contributed by atoms with van der Waals surface area (Å²) in [5.74, 6) is 0.133. The summed E-state index contributed by atoms with van der Waals surface area (Å²) in [6.07, 6.45) is 4.14. The van der Waals surface area contributed by atoms with Crippen molar-refractivity contribution in [3.05, 3.63) is 22.4 Å². The van der Waals surface area contributed by atoms with Crippen LogP contribution in [0.3, 0.4) is 0 Å². The fraction of sp³-hybridized carbons (Fsp3) is 0.615. The van der Waals surface area contributed by atoms with E-state index in [4.69, 9.17) is 0 Å². The number of hydrogen-bond acceptors (Lipinski definition) is 1. The number of aryl methyl sites for hydroxylation is 1. The standard InChI is InChI=1S/C13H21BrN2O/c1-4-7-8-15(5-2)13(17)12-9-11(14)10-16(12)6-3/h9-10H,4-8H2,1-3H3. The highest BCUT2D eigenvalue weighted by Gasteiger charge is 2.17. The van der Waals surface area contributed by atoms with Gasteiger partial charge in [-0.3, -0.25) is 4.79 Å². The van der Waals surface area contributed by atoms with Gasteiger partial charge < -0.3 is 9.47 Å². The summed E-state index contributed by atoms with van der Waals surface area (Å²) in [7, 11) is 0. The van der Waals surface area contributed by atoms with Crippen LogP contribution in [-0.2, 0) is 6.54 Å². The van der Waals surface area contributed by atoms with Crippen LogP contribution >= 0.6 is 15.9 Å². The van der Waals surface area contributed by atoms with Crippen molar-refractivity contribution in [2.75, 3.05) is 13.1 Å². The zero-order valence-corrected chi connectivity index (χ0v) is 12.5. The van der Waals surface area contributed by atoms with Gasteiger partial charge in [0.2, 0.25) is 0 Å². The Morgan fingerprint density at radius 3 is 2.65 bits per heavy atom. The van der Waals surface area contributed by atoms with E-state index in [0.29, 0.717) is 0 Å². The maximum absolute atomic E-state index is 12.4. The lowest BCUT2D eigenvalue weighted by Gasteiger charge is -2.21. The number of rotatable bonds is 6. The molecule has 0 aliphatic rings. The van der Waals surface area contributed by atoms with Crippen LogP contribution in [0.2, 0.25) is 0 Å². The summed E-state index contributed by atoms with van der Waals surface area (Å²) in [5.41, 5.74) is 0.775. The number of amides is 1. The molecule has 1 aromatic heterocycles. The van der Waals surface area contributed by atoms with Crippen LogP contribution in [0.5, 0.6) is 0 Å². The van der Waals surface area contributed by atoms with E-state index in [-0.39, 0.29) is 5.91 Å².